The molecule has 0 aliphatic carbocycles. The van der Waals surface area contributed by atoms with Crippen molar-refractivity contribution in [2.24, 2.45) is 0 Å². The van der Waals surface area contributed by atoms with Crippen LogP contribution in [-0.2, 0) is 6.42 Å². The Bertz CT molecular complexity index is 470. The number of hydrogen-bond acceptors (Lipinski definition) is 2. The van der Waals surface area contributed by atoms with Gasteiger partial charge in [0.1, 0.15) is 5.82 Å². The molecular weight excluding hydrogens is 289 g/mol. The fraction of sp³-hybridized carbons (Fsp3) is 0.647. The van der Waals surface area contributed by atoms with Crippen LogP contribution in [0.4, 0.5) is 4.39 Å². The van der Waals surface area contributed by atoms with Crippen LogP contribution < -0.4 is 0 Å². The van der Waals surface area contributed by atoms with Crippen molar-refractivity contribution >= 4 is 11.6 Å². The summed E-state index contributed by atoms with van der Waals surface area (Å²) in [5.41, 5.74) is 0.340. The van der Waals surface area contributed by atoms with Gasteiger partial charge in [0.2, 0.25) is 0 Å². The molecule has 4 heteroatoms. The highest BCUT2D eigenvalue weighted by atomic mass is 35.5. The normalized spacial score (nSPS) is 19.3. The molecule has 0 aromatic heterocycles. The lowest BCUT2D eigenvalue weighted by molar-refractivity contribution is -0.00787. The minimum atomic E-state index is -0.574. The van der Waals surface area contributed by atoms with Gasteiger partial charge in [-0.1, -0.05) is 36.6 Å². The second kappa shape index (κ2) is 7.08. The van der Waals surface area contributed by atoms with Crippen LogP contribution in [0.25, 0.3) is 0 Å². The first-order valence-corrected chi connectivity index (χ1v) is 8.16. The van der Waals surface area contributed by atoms with Gasteiger partial charge in [0.25, 0.3) is 0 Å². The van der Waals surface area contributed by atoms with Crippen LogP contribution in [0.15, 0.2) is 18.2 Å². The molecule has 1 aliphatic rings. The number of benzene rings is 1. The van der Waals surface area contributed by atoms with Gasteiger partial charge < -0.3 is 5.11 Å². The van der Waals surface area contributed by atoms with E-state index in [2.05, 4.69) is 18.7 Å². The van der Waals surface area contributed by atoms with Crippen LogP contribution in [0.1, 0.15) is 45.1 Å². The number of hydrogen-bond donors (Lipinski definition) is 1. The maximum atomic E-state index is 13.5. The molecule has 1 N–H and O–H groups in total. The lowest BCUT2D eigenvalue weighted by Gasteiger charge is -2.41. The minimum absolute atomic E-state index is 0.128. The molecule has 0 bridgehead atoms. The highest BCUT2D eigenvalue weighted by Crippen LogP contribution is 2.28. The van der Waals surface area contributed by atoms with Crippen molar-refractivity contribution in [3.8, 4) is 0 Å². The predicted molar refractivity (Wildman–Crippen MR) is 85.2 cm³/mol. The van der Waals surface area contributed by atoms with Crippen LogP contribution in [0, 0.1) is 5.82 Å². The molecule has 1 unspecified atom stereocenters. The zero-order chi connectivity index (χ0) is 15.5. The van der Waals surface area contributed by atoms with E-state index in [4.69, 9.17) is 11.6 Å². The summed E-state index contributed by atoms with van der Waals surface area (Å²) in [5, 5.41) is 10.8. The molecule has 1 saturated heterocycles. The van der Waals surface area contributed by atoms with Crippen molar-refractivity contribution in [1.29, 1.82) is 0 Å². The van der Waals surface area contributed by atoms with Crippen LogP contribution in [0.3, 0.4) is 0 Å². The Morgan fingerprint density at radius 1 is 1.24 bits per heavy atom. The van der Waals surface area contributed by atoms with E-state index in [9.17, 15) is 9.50 Å². The molecule has 2 nitrogen and oxygen atoms in total. The number of aliphatic hydroxyl groups is 1. The summed E-state index contributed by atoms with van der Waals surface area (Å²) in [6.45, 7) is 6.16. The molecule has 2 rings (SSSR count). The van der Waals surface area contributed by atoms with Crippen LogP contribution in [0.2, 0.25) is 5.02 Å². The number of rotatable bonds is 4. The van der Waals surface area contributed by atoms with Crippen molar-refractivity contribution < 1.29 is 9.50 Å². The van der Waals surface area contributed by atoms with Crippen LogP contribution in [-0.4, -0.2) is 34.7 Å². The summed E-state index contributed by atoms with van der Waals surface area (Å²) < 4.78 is 13.5. The largest absolute Gasteiger partial charge is 0.391 e. The van der Waals surface area contributed by atoms with E-state index < -0.39 is 11.9 Å². The predicted octanol–water partition coefficient (Wildman–Crippen LogP) is 4.04. The Labute approximate surface area is 131 Å². The third kappa shape index (κ3) is 3.97. The smallest absolute Gasteiger partial charge is 0.142 e. The Kier molecular flexibility index (Phi) is 5.64. The average Bonchev–Trinajstić information content (AvgIpc) is 2.73. The van der Waals surface area contributed by atoms with Gasteiger partial charge in [0.15, 0.2) is 0 Å². The van der Waals surface area contributed by atoms with Gasteiger partial charge >= 0.3 is 0 Å². The molecular formula is C17H25ClFNO. The van der Waals surface area contributed by atoms with E-state index in [1.165, 1.54) is 31.7 Å². The SMILES string of the molecule is CC(C)(C(O)Cc1cccc(F)c1Cl)N1CCCCCC1. The summed E-state index contributed by atoms with van der Waals surface area (Å²) in [5.74, 6) is -0.422. The first-order valence-electron chi connectivity index (χ1n) is 7.79. The van der Waals surface area contributed by atoms with Crippen LogP contribution in [0.5, 0.6) is 0 Å². The quantitative estimate of drug-likeness (QED) is 0.907. The first kappa shape index (κ1) is 16.7. The third-order valence-electron chi connectivity index (χ3n) is 4.68. The molecule has 1 fully saturated rings. The average molecular weight is 314 g/mol. The molecule has 1 heterocycles. The molecule has 0 saturated carbocycles. The summed E-state index contributed by atoms with van der Waals surface area (Å²) in [7, 11) is 0. The van der Waals surface area contributed by atoms with E-state index >= 15 is 0 Å². The number of likely N-dealkylation sites (tertiary alicyclic amines) is 1. The topological polar surface area (TPSA) is 23.5 Å². The lowest BCUT2D eigenvalue weighted by Crippen LogP contribution is -2.53. The summed E-state index contributed by atoms with van der Waals surface area (Å²) >= 11 is 6.00. The molecule has 1 atom stereocenters. The van der Waals surface area contributed by atoms with E-state index in [0.717, 1.165) is 13.1 Å². The van der Waals surface area contributed by atoms with Crippen molar-refractivity contribution in [1.82, 2.24) is 4.90 Å². The second-order valence-corrected chi connectivity index (χ2v) is 6.87. The lowest BCUT2D eigenvalue weighted by atomic mass is 9.89. The molecule has 1 aliphatic heterocycles. The molecule has 21 heavy (non-hydrogen) atoms. The number of halogens is 2. The number of aliphatic hydroxyl groups excluding tert-OH is 1. The second-order valence-electron chi connectivity index (χ2n) is 6.49. The summed E-state index contributed by atoms with van der Waals surface area (Å²) in [6.07, 6.45) is 4.68. The van der Waals surface area contributed by atoms with Crippen LogP contribution >= 0.6 is 11.6 Å². The number of nitrogens with zero attached hydrogens (tertiary/aromatic N) is 1. The van der Waals surface area contributed by atoms with Gasteiger partial charge in [-0.05, 0) is 51.4 Å². The molecule has 118 valence electrons. The van der Waals surface area contributed by atoms with Gasteiger partial charge in [0.05, 0.1) is 11.1 Å². The highest BCUT2D eigenvalue weighted by Gasteiger charge is 2.34. The molecule has 1 aromatic rings. The molecule has 0 spiro atoms. The fourth-order valence-electron chi connectivity index (χ4n) is 3.02. The third-order valence-corrected chi connectivity index (χ3v) is 5.10. The minimum Gasteiger partial charge on any atom is -0.391 e. The Morgan fingerprint density at radius 3 is 2.48 bits per heavy atom. The van der Waals surface area contributed by atoms with E-state index in [-0.39, 0.29) is 10.6 Å². The maximum Gasteiger partial charge on any atom is 0.142 e. The van der Waals surface area contributed by atoms with Gasteiger partial charge in [-0.25, -0.2) is 4.39 Å². The first-order chi connectivity index (χ1) is 9.93. The van der Waals surface area contributed by atoms with Gasteiger partial charge in [-0.3, -0.25) is 4.90 Å². The van der Waals surface area contributed by atoms with E-state index in [1.807, 2.05) is 0 Å². The van der Waals surface area contributed by atoms with E-state index in [1.54, 1.807) is 12.1 Å². The van der Waals surface area contributed by atoms with Gasteiger partial charge in [0, 0.05) is 12.0 Å². The zero-order valence-electron chi connectivity index (χ0n) is 12.9. The fourth-order valence-corrected chi connectivity index (χ4v) is 3.23. The van der Waals surface area contributed by atoms with Crippen molar-refractivity contribution in [2.45, 2.75) is 57.6 Å². The highest BCUT2D eigenvalue weighted by molar-refractivity contribution is 6.31. The molecule has 1 aromatic carbocycles. The molecule has 0 radical (unpaired) electrons. The van der Waals surface area contributed by atoms with Gasteiger partial charge in [-0.15, -0.1) is 0 Å². The maximum absolute atomic E-state index is 13.5. The standard InChI is InChI=1S/C17H25ClFNO/c1-17(2,20-10-5-3-4-6-11-20)15(21)12-13-8-7-9-14(19)16(13)18/h7-9,15,21H,3-6,10-12H2,1-2H3. The monoisotopic (exact) mass is 313 g/mol. The summed E-state index contributed by atoms with van der Waals surface area (Å²) in [4.78, 5) is 2.36. The van der Waals surface area contributed by atoms with E-state index in [0.29, 0.717) is 12.0 Å². The van der Waals surface area contributed by atoms with Crippen molar-refractivity contribution in [3.05, 3.63) is 34.6 Å². The Morgan fingerprint density at radius 2 is 1.86 bits per heavy atom. The van der Waals surface area contributed by atoms with Crippen molar-refractivity contribution in [3.63, 3.8) is 0 Å². The van der Waals surface area contributed by atoms with Gasteiger partial charge in [-0.2, -0.15) is 0 Å². The molecule has 0 amide bonds. The Balaban J connectivity index is 2.10. The van der Waals surface area contributed by atoms with Crippen molar-refractivity contribution in [2.75, 3.05) is 13.1 Å². The summed E-state index contributed by atoms with van der Waals surface area (Å²) in [6, 6.07) is 4.77. The zero-order valence-corrected chi connectivity index (χ0v) is 13.7. The Hall–Kier alpha value is -0.640.